The minimum atomic E-state index is -0.655. The number of unbranched alkanes of at least 4 members (excludes halogenated alkanes) is 14. The highest BCUT2D eigenvalue weighted by molar-refractivity contribution is 5.66. The van der Waals surface area contributed by atoms with Crippen LogP contribution in [-0.4, -0.2) is 48.8 Å². The summed E-state index contributed by atoms with van der Waals surface area (Å²) in [6, 6.07) is 0. The van der Waals surface area contributed by atoms with Gasteiger partial charge in [-0.3, -0.25) is 9.69 Å². The van der Waals surface area contributed by atoms with E-state index in [4.69, 9.17) is 9.84 Å². The fraction of sp³-hybridized carbons (Fsp3) is 0.955. The van der Waals surface area contributed by atoms with Crippen LogP contribution in [0.4, 0.5) is 0 Å². The van der Waals surface area contributed by atoms with Crippen LogP contribution in [0.15, 0.2) is 0 Å². The number of aliphatic carboxylic acids is 1. The topological polar surface area (TPSA) is 49.8 Å². The molecule has 0 saturated carbocycles. The average Bonchev–Trinajstić information content (AvgIpc) is 2.65. The second-order valence-electron chi connectivity index (χ2n) is 7.90. The van der Waals surface area contributed by atoms with Crippen molar-refractivity contribution in [2.75, 3.05) is 32.8 Å². The van der Waals surface area contributed by atoms with E-state index in [9.17, 15) is 4.79 Å². The summed E-state index contributed by atoms with van der Waals surface area (Å²) in [6.07, 6.45) is 20.1. The number of ether oxygens (including phenoxy) is 1. The summed E-state index contributed by atoms with van der Waals surface area (Å²) in [5.74, 6) is -0.655. The summed E-state index contributed by atoms with van der Waals surface area (Å²) in [5, 5.41) is 8.57. The quantitative estimate of drug-likeness (QED) is 0.317. The van der Waals surface area contributed by atoms with E-state index in [0.29, 0.717) is 6.42 Å². The van der Waals surface area contributed by atoms with Crippen molar-refractivity contribution in [3.05, 3.63) is 0 Å². The van der Waals surface area contributed by atoms with Crippen molar-refractivity contribution in [1.82, 2.24) is 4.90 Å². The van der Waals surface area contributed by atoms with Gasteiger partial charge in [-0.2, -0.15) is 0 Å². The maximum absolute atomic E-state index is 10.4. The van der Waals surface area contributed by atoms with E-state index in [2.05, 4.69) is 4.90 Å². The molecule has 0 atom stereocenters. The van der Waals surface area contributed by atoms with Gasteiger partial charge in [-0.15, -0.1) is 0 Å². The molecule has 0 aliphatic carbocycles. The van der Waals surface area contributed by atoms with Gasteiger partial charge < -0.3 is 9.84 Å². The van der Waals surface area contributed by atoms with Crippen molar-refractivity contribution in [3.63, 3.8) is 0 Å². The lowest BCUT2D eigenvalue weighted by Gasteiger charge is -2.26. The molecule has 0 aromatic heterocycles. The Hall–Kier alpha value is -0.610. The molecule has 4 nitrogen and oxygen atoms in total. The molecule has 26 heavy (non-hydrogen) atoms. The van der Waals surface area contributed by atoms with Gasteiger partial charge in [0.15, 0.2) is 0 Å². The van der Waals surface area contributed by atoms with Crippen LogP contribution in [0.3, 0.4) is 0 Å². The lowest BCUT2D eigenvalue weighted by atomic mass is 10.0. The Morgan fingerprint density at radius 1 is 0.654 bits per heavy atom. The molecule has 0 spiro atoms. The predicted octanol–water partition coefficient (Wildman–Crippen LogP) is 5.64. The van der Waals surface area contributed by atoms with Crippen molar-refractivity contribution in [3.8, 4) is 0 Å². The highest BCUT2D eigenvalue weighted by Gasteiger charge is 2.08. The molecular formula is C22H43NO3. The molecule has 0 unspecified atom stereocenters. The van der Waals surface area contributed by atoms with Crippen LogP contribution in [0.5, 0.6) is 0 Å². The summed E-state index contributed by atoms with van der Waals surface area (Å²) < 4.78 is 5.38. The van der Waals surface area contributed by atoms with Crippen LogP contribution in [0.25, 0.3) is 0 Å². The highest BCUT2D eigenvalue weighted by Crippen LogP contribution is 2.14. The molecule has 1 aliphatic heterocycles. The van der Waals surface area contributed by atoms with Gasteiger partial charge in [-0.25, -0.2) is 0 Å². The van der Waals surface area contributed by atoms with E-state index in [1.165, 1.54) is 90.0 Å². The molecule has 1 rings (SSSR count). The van der Waals surface area contributed by atoms with E-state index < -0.39 is 5.97 Å². The number of nitrogens with zero attached hydrogens (tertiary/aromatic N) is 1. The summed E-state index contributed by atoms with van der Waals surface area (Å²) in [6.45, 7) is 5.37. The van der Waals surface area contributed by atoms with E-state index in [-0.39, 0.29) is 0 Å². The fourth-order valence-electron chi connectivity index (χ4n) is 3.73. The molecular weight excluding hydrogens is 326 g/mol. The van der Waals surface area contributed by atoms with Crippen LogP contribution < -0.4 is 0 Å². The van der Waals surface area contributed by atoms with Crippen molar-refractivity contribution >= 4 is 5.97 Å². The number of carbonyl (C=O) groups is 1. The Morgan fingerprint density at radius 2 is 1.04 bits per heavy atom. The van der Waals surface area contributed by atoms with E-state index in [1.54, 1.807) is 0 Å². The van der Waals surface area contributed by atoms with Crippen LogP contribution in [0.1, 0.15) is 103 Å². The van der Waals surface area contributed by atoms with Gasteiger partial charge in [0.2, 0.25) is 0 Å². The SMILES string of the molecule is O=C(O)CCCCCCCCCCCCCCCCCN1CCOCC1. The smallest absolute Gasteiger partial charge is 0.303 e. The van der Waals surface area contributed by atoms with Gasteiger partial charge in [0.1, 0.15) is 0 Å². The minimum Gasteiger partial charge on any atom is -0.481 e. The molecule has 0 bridgehead atoms. The average molecular weight is 370 g/mol. The fourth-order valence-corrected chi connectivity index (χ4v) is 3.73. The molecule has 0 amide bonds. The van der Waals surface area contributed by atoms with E-state index in [0.717, 1.165) is 39.1 Å². The Balaban J connectivity index is 1.66. The van der Waals surface area contributed by atoms with Gasteiger partial charge in [0.05, 0.1) is 13.2 Å². The Kier molecular flexibility index (Phi) is 16.0. The molecule has 1 aliphatic rings. The molecule has 0 aromatic rings. The maximum Gasteiger partial charge on any atom is 0.303 e. The zero-order chi connectivity index (χ0) is 18.7. The first-order valence-corrected chi connectivity index (χ1v) is 11.3. The molecule has 1 fully saturated rings. The first-order valence-electron chi connectivity index (χ1n) is 11.3. The molecule has 1 N–H and O–H groups in total. The zero-order valence-electron chi connectivity index (χ0n) is 17.1. The molecule has 1 saturated heterocycles. The standard InChI is InChI=1S/C22H43NO3/c24-22(25)16-14-12-10-8-6-4-2-1-3-5-7-9-11-13-15-17-23-18-20-26-21-19-23/h1-21H2,(H,24,25). The number of carboxylic acid groups (broad SMARTS) is 1. The van der Waals surface area contributed by atoms with Gasteiger partial charge >= 0.3 is 5.97 Å². The van der Waals surface area contributed by atoms with E-state index in [1.807, 2.05) is 0 Å². The van der Waals surface area contributed by atoms with E-state index >= 15 is 0 Å². The predicted molar refractivity (Wildman–Crippen MR) is 109 cm³/mol. The Bertz CT molecular complexity index is 317. The van der Waals surface area contributed by atoms with Crippen LogP contribution in [0.2, 0.25) is 0 Å². The van der Waals surface area contributed by atoms with Crippen LogP contribution in [0, 0.1) is 0 Å². The number of carboxylic acids is 1. The normalized spacial score (nSPS) is 15.4. The molecule has 0 radical (unpaired) electrons. The Morgan fingerprint density at radius 3 is 1.46 bits per heavy atom. The van der Waals surface area contributed by atoms with Gasteiger partial charge in [0.25, 0.3) is 0 Å². The minimum absolute atomic E-state index is 0.341. The van der Waals surface area contributed by atoms with Crippen LogP contribution in [-0.2, 0) is 9.53 Å². The first kappa shape index (κ1) is 23.4. The number of hydrogen-bond donors (Lipinski definition) is 1. The molecule has 154 valence electrons. The Labute approximate surface area is 161 Å². The zero-order valence-corrected chi connectivity index (χ0v) is 17.1. The summed E-state index contributed by atoms with van der Waals surface area (Å²) in [7, 11) is 0. The lowest BCUT2D eigenvalue weighted by Crippen LogP contribution is -2.36. The first-order chi connectivity index (χ1) is 12.8. The van der Waals surface area contributed by atoms with Crippen molar-refractivity contribution in [2.24, 2.45) is 0 Å². The van der Waals surface area contributed by atoms with Crippen molar-refractivity contribution in [1.29, 1.82) is 0 Å². The van der Waals surface area contributed by atoms with Crippen LogP contribution >= 0.6 is 0 Å². The van der Waals surface area contributed by atoms with Gasteiger partial charge in [0, 0.05) is 19.5 Å². The third kappa shape index (κ3) is 15.6. The number of morpholine rings is 1. The summed E-state index contributed by atoms with van der Waals surface area (Å²) in [5.41, 5.74) is 0. The van der Waals surface area contributed by atoms with Gasteiger partial charge in [-0.1, -0.05) is 83.5 Å². The molecule has 1 heterocycles. The number of hydrogen-bond acceptors (Lipinski definition) is 3. The second kappa shape index (κ2) is 17.8. The largest absolute Gasteiger partial charge is 0.481 e. The third-order valence-electron chi connectivity index (χ3n) is 5.47. The second-order valence-corrected chi connectivity index (χ2v) is 7.90. The van der Waals surface area contributed by atoms with Crippen molar-refractivity contribution in [2.45, 2.75) is 103 Å². The monoisotopic (exact) mass is 369 g/mol. The summed E-state index contributed by atoms with van der Waals surface area (Å²) >= 11 is 0. The molecule has 4 heteroatoms. The lowest BCUT2D eigenvalue weighted by molar-refractivity contribution is -0.137. The summed E-state index contributed by atoms with van der Waals surface area (Å²) in [4.78, 5) is 12.9. The molecule has 0 aromatic carbocycles. The van der Waals surface area contributed by atoms with Gasteiger partial charge in [-0.05, 0) is 19.4 Å². The highest BCUT2D eigenvalue weighted by atomic mass is 16.5. The number of rotatable bonds is 18. The third-order valence-corrected chi connectivity index (χ3v) is 5.47. The van der Waals surface area contributed by atoms with Crippen molar-refractivity contribution < 1.29 is 14.6 Å². The maximum atomic E-state index is 10.4.